The van der Waals surface area contributed by atoms with Crippen molar-refractivity contribution in [3.63, 3.8) is 0 Å². The summed E-state index contributed by atoms with van der Waals surface area (Å²) in [6.45, 7) is 5.99. The molecule has 0 unspecified atom stereocenters. The van der Waals surface area contributed by atoms with Gasteiger partial charge < -0.3 is 0 Å². The van der Waals surface area contributed by atoms with Gasteiger partial charge >= 0.3 is 0 Å². The first kappa shape index (κ1) is 16.8. The molecule has 4 nitrogen and oxygen atoms in total. The lowest BCUT2D eigenvalue weighted by Gasteiger charge is -2.15. The SMILES string of the molecule is C/C(=N/N(C)c1cc(-c2ccccc2)nc(C)n1)c1ccc(C)cc1. The second-order valence-electron chi connectivity index (χ2n) is 6.10. The van der Waals surface area contributed by atoms with Crippen molar-refractivity contribution in [3.8, 4) is 11.3 Å². The third kappa shape index (κ3) is 4.10. The number of aryl methyl sites for hydroxylation is 2. The number of hydrazone groups is 1. The van der Waals surface area contributed by atoms with Gasteiger partial charge in [0.05, 0.1) is 11.4 Å². The number of benzene rings is 2. The Bertz CT molecular complexity index is 884. The van der Waals surface area contributed by atoms with E-state index < -0.39 is 0 Å². The largest absolute Gasteiger partial charge is 0.251 e. The Morgan fingerprint density at radius 1 is 0.920 bits per heavy atom. The van der Waals surface area contributed by atoms with Crippen molar-refractivity contribution in [2.75, 3.05) is 12.1 Å². The topological polar surface area (TPSA) is 41.4 Å². The first-order chi connectivity index (χ1) is 12.0. The van der Waals surface area contributed by atoms with Gasteiger partial charge in [-0.05, 0) is 26.3 Å². The highest BCUT2D eigenvalue weighted by molar-refractivity contribution is 5.99. The maximum Gasteiger partial charge on any atom is 0.152 e. The minimum atomic E-state index is 0.728. The number of nitrogens with zero attached hydrogens (tertiary/aromatic N) is 4. The molecule has 2 aromatic carbocycles. The molecule has 0 saturated carbocycles. The van der Waals surface area contributed by atoms with Crippen LogP contribution in [0.15, 0.2) is 65.8 Å². The number of anilines is 1. The fraction of sp³-hybridized carbons (Fsp3) is 0.190. The van der Waals surface area contributed by atoms with Gasteiger partial charge in [0.1, 0.15) is 5.82 Å². The molecule has 3 aromatic rings. The van der Waals surface area contributed by atoms with E-state index >= 15 is 0 Å². The van der Waals surface area contributed by atoms with Crippen LogP contribution in [0.25, 0.3) is 11.3 Å². The highest BCUT2D eigenvalue weighted by Crippen LogP contribution is 2.21. The summed E-state index contributed by atoms with van der Waals surface area (Å²) in [6.07, 6.45) is 0. The van der Waals surface area contributed by atoms with Crippen molar-refractivity contribution in [3.05, 3.63) is 77.6 Å². The Hall–Kier alpha value is -3.01. The first-order valence-corrected chi connectivity index (χ1v) is 8.30. The van der Waals surface area contributed by atoms with E-state index in [0.717, 1.165) is 34.2 Å². The molecule has 0 aliphatic rings. The number of aromatic nitrogens is 2. The van der Waals surface area contributed by atoms with Crippen LogP contribution >= 0.6 is 0 Å². The van der Waals surface area contributed by atoms with Gasteiger partial charge in [0.2, 0.25) is 0 Å². The average Bonchev–Trinajstić information content (AvgIpc) is 2.62. The van der Waals surface area contributed by atoms with E-state index in [0.29, 0.717) is 0 Å². The lowest BCUT2D eigenvalue weighted by Crippen LogP contribution is -2.15. The molecule has 0 spiro atoms. The molecule has 0 saturated heterocycles. The summed E-state index contributed by atoms with van der Waals surface area (Å²) in [6, 6.07) is 20.4. The summed E-state index contributed by atoms with van der Waals surface area (Å²) in [4.78, 5) is 9.08. The molecule has 0 aliphatic heterocycles. The summed E-state index contributed by atoms with van der Waals surface area (Å²) in [5.41, 5.74) is 5.26. The monoisotopic (exact) mass is 330 g/mol. The zero-order valence-corrected chi connectivity index (χ0v) is 15.1. The summed E-state index contributed by atoms with van der Waals surface area (Å²) in [5.74, 6) is 1.50. The van der Waals surface area contributed by atoms with Gasteiger partial charge in [-0.3, -0.25) is 5.01 Å². The van der Waals surface area contributed by atoms with Crippen LogP contribution in [0.1, 0.15) is 23.9 Å². The van der Waals surface area contributed by atoms with E-state index in [-0.39, 0.29) is 0 Å². The summed E-state index contributed by atoms with van der Waals surface area (Å²) in [7, 11) is 1.91. The molecule has 1 heterocycles. The van der Waals surface area contributed by atoms with Crippen LogP contribution in [-0.2, 0) is 0 Å². The van der Waals surface area contributed by atoms with Crippen LogP contribution in [0.2, 0.25) is 0 Å². The molecule has 0 amide bonds. The number of hydrogen-bond donors (Lipinski definition) is 0. The highest BCUT2D eigenvalue weighted by Gasteiger charge is 2.08. The molecule has 126 valence electrons. The third-order valence-electron chi connectivity index (χ3n) is 3.99. The smallest absolute Gasteiger partial charge is 0.152 e. The van der Waals surface area contributed by atoms with E-state index in [1.807, 2.05) is 57.3 Å². The molecular weight excluding hydrogens is 308 g/mol. The molecule has 0 aliphatic carbocycles. The fourth-order valence-corrected chi connectivity index (χ4v) is 2.60. The van der Waals surface area contributed by atoms with E-state index in [1.165, 1.54) is 5.56 Å². The van der Waals surface area contributed by atoms with E-state index in [1.54, 1.807) is 5.01 Å². The molecule has 25 heavy (non-hydrogen) atoms. The molecule has 3 rings (SSSR count). The Morgan fingerprint density at radius 2 is 1.60 bits per heavy atom. The maximum absolute atomic E-state index is 4.68. The molecular formula is C21H22N4. The van der Waals surface area contributed by atoms with Crippen molar-refractivity contribution in [2.45, 2.75) is 20.8 Å². The molecule has 0 fully saturated rings. The van der Waals surface area contributed by atoms with Crippen molar-refractivity contribution in [2.24, 2.45) is 5.10 Å². The predicted molar refractivity (Wildman–Crippen MR) is 104 cm³/mol. The van der Waals surface area contributed by atoms with Gasteiger partial charge in [0.25, 0.3) is 0 Å². The first-order valence-electron chi connectivity index (χ1n) is 8.30. The lowest BCUT2D eigenvalue weighted by atomic mass is 10.1. The average molecular weight is 330 g/mol. The minimum absolute atomic E-state index is 0.728. The van der Waals surface area contributed by atoms with Gasteiger partial charge in [-0.1, -0.05) is 60.2 Å². The van der Waals surface area contributed by atoms with Crippen LogP contribution in [0.5, 0.6) is 0 Å². The zero-order valence-electron chi connectivity index (χ0n) is 15.1. The van der Waals surface area contributed by atoms with E-state index in [9.17, 15) is 0 Å². The standard InChI is InChI=1S/C21H22N4/c1-15-10-12-18(13-11-15)16(2)24-25(4)21-14-20(22-17(3)23-21)19-8-6-5-7-9-19/h5-14H,1-4H3/b24-16-. The second kappa shape index (κ2) is 7.26. The van der Waals surface area contributed by atoms with Crippen molar-refractivity contribution >= 4 is 11.5 Å². The summed E-state index contributed by atoms with van der Waals surface area (Å²) in [5, 5.41) is 6.48. The Balaban J connectivity index is 1.91. The van der Waals surface area contributed by atoms with Crippen LogP contribution in [-0.4, -0.2) is 22.7 Å². The Labute approximate surface area is 148 Å². The normalized spacial score (nSPS) is 11.4. The van der Waals surface area contributed by atoms with Crippen LogP contribution in [0, 0.1) is 13.8 Å². The maximum atomic E-state index is 4.68. The predicted octanol–water partition coefficient (Wildman–Crippen LogP) is 4.62. The van der Waals surface area contributed by atoms with Crippen LogP contribution in [0.3, 0.4) is 0 Å². The van der Waals surface area contributed by atoms with E-state index in [4.69, 9.17) is 0 Å². The Kier molecular flexibility index (Phi) is 4.89. The Morgan fingerprint density at radius 3 is 2.28 bits per heavy atom. The van der Waals surface area contributed by atoms with Gasteiger partial charge in [-0.2, -0.15) is 5.10 Å². The van der Waals surface area contributed by atoms with Crippen molar-refractivity contribution in [1.29, 1.82) is 0 Å². The summed E-state index contributed by atoms with van der Waals surface area (Å²) >= 11 is 0. The van der Waals surface area contributed by atoms with Gasteiger partial charge in [0, 0.05) is 18.7 Å². The van der Waals surface area contributed by atoms with E-state index in [2.05, 4.69) is 46.3 Å². The highest BCUT2D eigenvalue weighted by atomic mass is 15.5. The number of hydrogen-bond acceptors (Lipinski definition) is 4. The quantitative estimate of drug-likeness (QED) is 0.518. The van der Waals surface area contributed by atoms with Gasteiger partial charge in [-0.15, -0.1) is 0 Å². The van der Waals surface area contributed by atoms with Crippen LogP contribution in [0.4, 0.5) is 5.82 Å². The van der Waals surface area contributed by atoms with Gasteiger partial charge in [-0.25, -0.2) is 9.97 Å². The summed E-state index contributed by atoms with van der Waals surface area (Å²) < 4.78 is 0. The molecule has 0 atom stereocenters. The molecule has 4 heteroatoms. The fourth-order valence-electron chi connectivity index (χ4n) is 2.60. The molecule has 0 bridgehead atoms. The minimum Gasteiger partial charge on any atom is -0.251 e. The molecule has 0 radical (unpaired) electrons. The molecule has 1 aromatic heterocycles. The van der Waals surface area contributed by atoms with Crippen molar-refractivity contribution in [1.82, 2.24) is 9.97 Å². The lowest BCUT2D eigenvalue weighted by molar-refractivity contribution is 0.939. The van der Waals surface area contributed by atoms with Crippen molar-refractivity contribution < 1.29 is 0 Å². The van der Waals surface area contributed by atoms with Crippen LogP contribution < -0.4 is 5.01 Å². The van der Waals surface area contributed by atoms with Gasteiger partial charge in [0.15, 0.2) is 5.82 Å². The number of rotatable bonds is 4. The second-order valence-corrected chi connectivity index (χ2v) is 6.10. The third-order valence-corrected chi connectivity index (χ3v) is 3.99. The molecule has 0 N–H and O–H groups in total. The zero-order chi connectivity index (χ0) is 17.8.